The van der Waals surface area contributed by atoms with Gasteiger partial charge in [-0.25, -0.2) is 4.68 Å². The molecule has 0 spiro atoms. The van der Waals surface area contributed by atoms with Crippen molar-refractivity contribution in [2.75, 3.05) is 0 Å². The first-order chi connectivity index (χ1) is 18.0. The summed E-state index contributed by atoms with van der Waals surface area (Å²) in [5.41, 5.74) is 5.14. The molecule has 3 atom stereocenters. The Bertz CT molecular complexity index is 1390. The number of aryl methyl sites for hydroxylation is 1. The van der Waals surface area contributed by atoms with E-state index in [9.17, 15) is 10.2 Å². The Hall–Kier alpha value is -3.49. The Kier molecular flexibility index (Phi) is 6.30. The van der Waals surface area contributed by atoms with Crippen LogP contribution in [-0.4, -0.2) is 41.1 Å². The average Bonchev–Trinajstić information content (AvgIpc) is 3.30. The molecule has 2 fully saturated rings. The molecular weight excluding hydrogens is 466 g/mol. The molecule has 8 nitrogen and oxygen atoms in total. The van der Waals surface area contributed by atoms with E-state index in [-0.39, 0.29) is 17.9 Å². The van der Waals surface area contributed by atoms with Gasteiger partial charge in [-0.05, 0) is 67.5 Å². The van der Waals surface area contributed by atoms with Crippen molar-refractivity contribution in [3.63, 3.8) is 0 Å². The summed E-state index contributed by atoms with van der Waals surface area (Å²) >= 11 is 0. The van der Waals surface area contributed by atoms with E-state index in [4.69, 9.17) is 4.74 Å². The van der Waals surface area contributed by atoms with E-state index in [1.54, 1.807) is 10.9 Å². The highest BCUT2D eigenvalue weighted by Crippen LogP contribution is 2.55. The lowest BCUT2D eigenvalue weighted by Crippen LogP contribution is -2.21. The van der Waals surface area contributed by atoms with E-state index >= 15 is 0 Å². The van der Waals surface area contributed by atoms with E-state index in [0.29, 0.717) is 11.5 Å². The molecule has 0 saturated heterocycles. The predicted molar refractivity (Wildman–Crippen MR) is 139 cm³/mol. The van der Waals surface area contributed by atoms with Gasteiger partial charge in [-0.3, -0.25) is 4.68 Å². The van der Waals surface area contributed by atoms with Gasteiger partial charge in [0.1, 0.15) is 5.75 Å². The molecule has 3 unspecified atom stereocenters. The Morgan fingerprint density at radius 1 is 1.00 bits per heavy atom. The monoisotopic (exact) mass is 499 g/mol. The topological polar surface area (TPSA) is 98.2 Å². The van der Waals surface area contributed by atoms with Crippen molar-refractivity contribution >= 4 is 0 Å². The molecule has 8 heteroatoms. The van der Waals surface area contributed by atoms with Crippen molar-refractivity contribution in [2.45, 2.75) is 63.3 Å². The van der Waals surface area contributed by atoms with E-state index < -0.39 is 6.29 Å². The Balaban J connectivity index is 1.29. The quantitative estimate of drug-likeness (QED) is 0.335. The Morgan fingerprint density at radius 2 is 1.76 bits per heavy atom. The van der Waals surface area contributed by atoms with Crippen molar-refractivity contribution in [1.82, 2.24) is 24.8 Å². The minimum atomic E-state index is -1.59. The van der Waals surface area contributed by atoms with Crippen LogP contribution in [0.2, 0.25) is 0 Å². The van der Waals surface area contributed by atoms with Gasteiger partial charge in [-0.2, -0.15) is 5.10 Å². The van der Waals surface area contributed by atoms with Gasteiger partial charge < -0.3 is 14.9 Å². The summed E-state index contributed by atoms with van der Waals surface area (Å²) in [6, 6.07) is 16.4. The predicted octanol–water partition coefficient (Wildman–Crippen LogP) is 4.88. The van der Waals surface area contributed by atoms with Crippen LogP contribution in [0.3, 0.4) is 0 Å². The number of aliphatic hydroxyl groups is 2. The average molecular weight is 500 g/mol. The molecule has 4 aromatic rings. The molecular formula is C29H33N5O3. The third-order valence-corrected chi connectivity index (χ3v) is 7.90. The maximum absolute atomic E-state index is 10.1. The molecule has 2 aliphatic rings. The molecule has 2 aromatic heterocycles. The van der Waals surface area contributed by atoms with Crippen LogP contribution in [0.4, 0.5) is 0 Å². The van der Waals surface area contributed by atoms with Gasteiger partial charge in [-0.15, -0.1) is 5.10 Å². The summed E-state index contributed by atoms with van der Waals surface area (Å²) in [5, 5.41) is 33.0. The van der Waals surface area contributed by atoms with Gasteiger partial charge in [0, 0.05) is 30.6 Å². The highest BCUT2D eigenvalue weighted by Gasteiger charge is 2.45. The maximum Gasteiger partial charge on any atom is 0.181 e. The van der Waals surface area contributed by atoms with Crippen LogP contribution >= 0.6 is 0 Å². The summed E-state index contributed by atoms with van der Waals surface area (Å²) in [4.78, 5) is 0. The van der Waals surface area contributed by atoms with E-state index in [1.807, 2.05) is 42.2 Å². The van der Waals surface area contributed by atoms with Crippen LogP contribution in [0, 0.1) is 5.92 Å². The molecule has 2 aromatic carbocycles. The first-order valence-corrected chi connectivity index (χ1v) is 13.2. The van der Waals surface area contributed by atoms with Crippen molar-refractivity contribution in [3.8, 4) is 22.6 Å². The van der Waals surface area contributed by atoms with Crippen molar-refractivity contribution in [2.24, 2.45) is 13.0 Å². The summed E-state index contributed by atoms with van der Waals surface area (Å²) in [7, 11) is 1.85. The first kappa shape index (κ1) is 23.9. The van der Waals surface area contributed by atoms with E-state index in [1.165, 1.54) is 25.7 Å². The van der Waals surface area contributed by atoms with Gasteiger partial charge in [-0.1, -0.05) is 42.3 Å². The van der Waals surface area contributed by atoms with Crippen LogP contribution < -0.4 is 4.74 Å². The number of rotatable bonds is 8. The molecule has 6 rings (SSSR count). The number of aromatic nitrogens is 5. The van der Waals surface area contributed by atoms with Gasteiger partial charge in [0.15, 0.2) is 6.29 Å². The number of hydrogen-bond donors (Lipinski definition) is 2. The molecule has 37 heavy (non-hydrogen) atoms. The summed E-state index contributed by atoms with van der Waals surface area (Å²) in [6.07, 6.45) is 8.05. The highest BCUT2D eigenvalue weighted by molar-refractivity contribution is 5.67. The standard InChI is InChI=1S/C29H33N5O3/c1-18(19-7-3-4-8-19)37-23-12-6-10-21(14-23)20-9-5-11-22(13-20)34-28(26(16-30-34)29(35)36)25-15-24(25)27-17-33(2)32-31-27/h5-6,9-14,16-19,24-25,29,35-36H,3-4,7-8,15H2,1-2H3. The lowest BCUT2D eigenvalue weighted by atomic mass is 10.0. The SMILES string of the molecule is CC(Oc1cccc(-c2cccc(-n3ncc(C(O)O)c3C3CC3c3cn(C)nn3)c2)c1)C1CCCC1. The Labute approximate surface area is 216 Å². The van der Waals surface area contributed by atoms with Crippen LogP contribution in [-0.2, 0) is 7.05 Å². The lowest BCUT2D eigenvalue weighted by Gasteiger charge is -2.21. The second-order valence-electron chi connectivity index (χ2n) is 10.5. The number of aliphatic hydroxyl groups excluding tert-OH is 1. The minimum Gasteiger partial charge on any atom is -0.490 e. The third kappa shape index (κ3) is 4.79. The largest absolute Gasteiger partial charge is 0.490 e. The zero-order chi connectivity index (χ0) is 25.5. The molecule has 0 aliphatic heterocycles. The fourth-order valence-corrected chi connectivity index (χ4v) is 5.81. The molecule has 2 saturated carbocycles. The van der Waals surface area contributed by atoms with Crippen molar-refractivity contribution < 1.29 is 14.9 Å². The number of hydrogen-bond acceptors (Lipinski definition) is 6. The molecule has 2 aliphatic carbocycles. The van der Waals surface area contributed by atoms with Crippen molar-refractivity contribution in [3.05, 3.63) is 77.9 Å². The second kappa shape index (κ2) is 9.76. The van der Waals surface area contributed by atoms with Crippen LogP contribution in [0.15, 0.2) is 60.9 Å². The zero-order valence-corrected chi connectivity index (χ0v) is 21.2. The van der Waals surface area contributed by atoms with Gasteiger partial charge in [0.05, 0.1) is 29.4 Å². The second-order valence-corrected chi connectivity index (χ2v) is 10.5. The molecule has 0 amide bonds. The summed E-state index contributed by atoms with van der Waals surface area (Å²) in [5.74, 6) is 1.79. The van der Waals surface area contributed by atoms with Gasteiger partial charge >= 0.3 is 0 Å². The van der Waals surface area contributed by atoms with Crippen LogP contribution in [0.25, 0.3) is 16.8 Å². The molecule has 0 bridgehead atoms. The number of ether oxygens (including phenoxy) is 1. The fraction of sp³-hybridized carbons (Fsp3) is 0.414. The first-order valence-electron chi connectivity index (χ1n) is 13.2. The van der Waals surface area contributed by atoms with Gasteiger partial charge in [0.2, 0.25) is 0 Å². The van der Waals surface area contributed by atoms with Gasteiger partial charge in [0.25, 0.3) is 0 Å². The lowest BCUT2D eigenvalue weighted by molar-refractivity contribution is -0.0431. The summed E-state index contributed by atoms with van der Waals surface area (Å²) < 4.78 is 9.86. The molecule has 0 radical (unpaired) electrons. The molecule has 2 heterocycles. The third-order valence-electron chi connectivity index (χ3n) is 7.90. The van der Waals surface area contributed by atoms with E-state index in [0.717, 1.165) is 40.4 Å². The van der Waals surface area contributed by atoms with Crippen LogP contribution in [0.1, 0.15) is 74.1 Å². The minimum absolute atomic E-state index is 0.0912. The summed E-state index contributed by atoms with van der Waals surface area (Å²) in [6.45, 7) is 2.18. The molecule has 192 valence electrons. The van der Waals surface area contributed by atoms with E-state index in [2.05, 4.69) is 46.6 Å². The maximum atomic E-state index is 10.1. The fourth-order valence-electron chi connectivity index (χ4n) is 5.81. The number of nitrogens with zero attached hydrogens (tertiary/aromatic N) is 5. The normalized spacial score (nSPS) is 20.5. The zero-order valence-electron chi connectivity index (χ0n) is 21.2. The number of benzene rings is 2. The van der Waals surface area contributed by atoms with Crippen LogP contribution in [0.5, 0.6) is 5.75 Å². The van der Waals surface area contributed by atoms with Crippen molar-refractivity contribution in [1.29, 1.82) is 0 Å². The molecule has 2 N–H and O–H groups in total. The Morgan fingerprint density at radius 3 is 2.49 bits per heavy atom. The highest BCUT2D eigenvalue weighted by atomic mass is 16.5. The smallest absolute Gasteiger partial charge is 0.181 e.